The van der Waals surface area contributed by atoms with Crippen LogP contribution in [-0.2, 0) is 9.59 Å². The highest BCUT2D eigenvalue weighted by Gasteiger charge is 2.33. The largest absolute Gasteiger partial charge is 0.480 e. The number of piperidine rings is 1. The summed E-state index contributed by atoms with van der Waals surface area (Å²) in [5.74, 6) is -0.366. The molecular formula is C16H28N2O3. The number of carboxylic acids is 1. The SMILES string of the molecule is CCC1CCNC(C(=O)NC(C(=O)O)C2CCCCC2)C1. The van der Waals surface area contributed by atoms with E-state index in [4.69, 9.17) is 0 Å². The van der Waals surface area contributed by atoms with Gasteiger partial charge in [-0.2, -0.15) is 0 Å². The van der Waals surface area contributed by atoms with Crippen molar-refractivity contribution in [2.75, 3.05) is 6.54 Å². The fourth-order valence-electron chi connectivity index (χ4n) is 3.67. The van der Waals surface area contributed by atoms with E-state index >= 15 is 0 Å². The van der Waals surface area contributed by atoms with Crippen LogP contribution in [0.15, 0.2) is 0 Å². The molecule has 3 N–H and O–H groups in total. The van der Waals surface area contributed by atoms with E-state index in [1.54, 1.807) is 0 Å². The lowest BCUT2D eigenvalue weighted by Gasteiger charge is -2.32. The van der Waals surface area contributed by atoms with Gasteiger partial charge in [0.05, 0.1) is 6.04 Å². The third-order valence-electron chi connectivity index (χ3n) is 5.09. The number of aliphatic carboxylic acids is 1. The van der Waals surface area contributed by atoms with Crippen molar-refractivity contribution >= 4 is 11.9 Å². The maximum absolute atomic E-state index is 12.4. The van der Waals surface area contributed by atoms with E-state index in [-0.39, 0.29) is 17.9 Å². The third kappa shape index (κ3) is 4.43. The number of carboxylic acid groups (broad SMARTS) is 1. The second kappa shape index (κ2) is 7.78. The highest BCUT2D eigenvalue weighted by atomic mass is 16.4. The van der Waals surface area contributed by atoms with Gasteiger partial charge in [0.15, 0.2) is 0 Å². The van der Waals surface area contributed by atoms with Crippen molar-refractivity contribution in [2.45, 2.75) is 70.4 Å². The molecule has 1 saturated carbocycles. The molecule has 1 saturated heterocycles. The van der Waals surface area contributed by atoms with E-state index in [2.05, 4.69) is 17.6 Å². The van der Waals surface area contributed by atoms with Crippen molar-refractivity contribution in [2.24, 2.45) is 11.8 Å². The Hall–Kier alpha value is -1.10. The fraction of sp³-hybridized carbons (Fsp3) is 0.875. The first-order chi connectivity index (χ1) is 10.1. The van der Waals surface area contributed by atoms with Crippen molar-refractivity contribution in [3.63, 3.8) is 0 Å². The van der Waals surface area contributed by atoms with E-state index in [1.807, 2.05) is 0 Å². The molecule has 2 aliphatic rings. The van der Waals surface area contributed by atoms with Gasteiger partial charge in [-0.3, -0.25) is 4.79 Å². The lowest BCUT2D eigenvalue weighted by atomic mass is 9.83. The molecule has 1 aliphatic carbocycles. The third-order valence-corrected chi connectivity index (χ3v) is 5.09. The lowest BCUT2D eigenvalue weighted by molar-refractivity contribution is -0.144. The highest BCUT2D eigenvalue weighted by molar-refractivity contribution is 5.87. The van der Waals surface area contributed by atoms with Gasteiger partial charge < -0.3 is 15.7 Å². The smallest absolute Gasteiger partial charge is 0.326 e. The summed E-state index contributed by atoms with van der Waals surface area (Å²) in [6.45, 7) is 2.99. The molecule has 3 unspecified atom stereocenters. The average Bonchev–Trinajstić information content (AvgIpc) is 2.53. The van der Waals surface area contributed by atoms with Crippen LogP contribution in [0, 0.1) is 11.8 Å². The second-order valence-electron chi connectivity index (χ2n) is 6.53. The molecule has 3 atom stereocenters. The van der Waals surface area contributed by atoms with Gasteiger partial charge in [-0.1, -0.05) is 32.6 Å². The molecule has 0 spiro atoms. The van der Waals surface area contributed by atoms with Crippen LogP contribution in [0.2, 0.25) is 0 Å². The standard InChI is InChI=1S/C16H28N2O3/c1-2-11-8-9-17-13(10-11)15(19)18-14(16(20)21)12-6-4-3-5-7-12/h11-14,17H,2-10H2,1H3,(H,18,19)(H,20,21). The molecule has 0 bridgehead atoms. The molecule has 0 aromatic carbocycles. The Morgan fingerprint density at radius 2 is 1.95 bits per heavy atom. The van der Waals surface area contributed by atoms with Crippen LogP contribution in [0.25, 0.3) is 0 Å². The molecule has 21 heavy (non-hydrogen) atoms. The Kier molecular flexibility index (Phi) is 6.03. The van der Waals surface area contributed by atoms with Gasteiger partial charge in [0.2, 0.25) is 5.91 Å². The van der Waals surface area contributed by atoms with Gasteiger partial charge in [-0.15, -0.1) is 0 Å². The van der Waals surface area contributed by atoms with Crippen molar-refractivity contribution in [3.8, 4) is 0 Å². The number of rotatable bonds is 5. The van der Waals surface area contributed by atoms with Crippen LogP contribution < -0.4 is 10.6 Å². The Balaban J connectivity index is 1.92. The molecular weight excluding hydrogens is 268 g/mol. The predicted octanol–water partition coefficient (Wildman–Crippen LogP) is 1.91. The lowest BCUT2D eigenvalue weighted by Crippen LogP contribution is -2.55. The Labute approximate surface area is 126 Å². The van der Waals surface area contributed by atoms with Crippen LogP contribution in [-0.4, -0.2) is 35.6 Å². The Morgan fingerprint density at radius 1 is 1.24 bits per heavy atom. The van der Waals surface area contributed by atoms with Crippen molar-refractivity contribution in [1.29, 1.82) is 0 Å². The number of hydrogen-bond donors (Lipinski definition) is 3. The Morgan fingerprint density at radius 3 is 2.57 bits per heavy atom. The predicted molar refractivity (Wildman–Crippen MR) is 80.9 cm³/mol. The summed E-state index contributed by atoms with van der Waals surface area (Å²) in [7, 11) is 0. The maximum atomic E-state index is 12.4. The van der Waals surface area contributed by atoms with E-state index in [1.165, 1.54) is 6.42 Å². The first-order valence-corrected chi connectivity index (χ1v) is 8.38. The molecule has 120 valence electrons. The summed E-state index contributed by atoms with van der Waals surface area (Å²) >= 11 is 0. The van der Waals surface area contributed by atoms with E-state index in [9.17, 15) is 14.7 Å². The number of amides is 1. The Bertz CT molecular complexity index is 367. The molecule has 2 fully saturated rings. The summed E-state index contributed by atoms with van der Waals surface area (Å²) < 4.78 is 0. The summed E-state index contributed by atoms with van der Waals surface area (Å²) in [5.41, 5.74) is 0. The highest BCUT2D eigenvalue weighted by Crippen LogP contribution is 2.27. The molecule has 0 aromatic heterocycles. The van der Waals surface area contributed by atoms with Gasteiger partial charge >= 0.3 is 5.97 Å². The van der Waals surface area contributed by atoms with Gasteiger partial charge in [-0.05, 0) is 44.1 Å². The zero-order valence-electron chi connectivity index (χ0n) is 12.9. The molecule has 1 aliphatic heterocycles. The first kappa shape index (κ1) is 16.3. The monoisotopic (exact) mass is 296 g/mol. The zero-order valence-corrected chi connectivity index (χ0v) is 12.9. The average molecular weight is 296 g/mol. The number of hydrogen-bond acceptors (Lipinski definition) is 3. The van der Waals surface area contributed by atoms with E-state index < -0.39 is 12.0 Å². The van der Waals surface area contributed by atoms with Crippen LogP contribution in [0.5, 0.6) is 0 Å². The topological polar surface area (TPSA) is 78.4 Å². The molecule has 1 heterocycles. The van der Waals surface area contributed by atoms with Gasteiger partial charge in [-0.25, -0.2) is 4.79 Å². The van der Waals surface area contributed by atoms with Crippen LogP contribution >= 0.6 is 0 Å². The molecule has 0 radical (unpaired) electrons. The quantitative estimate of drug-likeness (QED) is 0.724. The van der Waals surface area contributed by atoms with Crippen LogP contribution in [0.3, 0.4) is 0 Å². The molecule has 5 heteroatoms. The molecule has 1 amide bonds. The maximum Gasteiger partial charge on any atom is 0.326 e. The van der Waals surface area contributed by atoms with E-state index in [0.29, 0.717) is 5.92 Å². The van der Waals surface area contributed by atoms with Crippen molar-refractivity contribution in [3.05, 3.63) is 0 Å². The van der Waals surface area contributed by atoms with Crippen LogP contribution in [0.1, 0.15) is 58.3 Å². The summed E-state index contributed by atoms with van der Waals surface area (Å²) in [4.78, 5) is 23.9. The van der Waals surface area contributed by atoms with E-state index in [0.717, 1.165) is 51.5 Å². The normalized spacial score (nSPS) is 28.8. The van der Waals surface area contributed by atoms with Crippen molar-refractivity contribution < 1.29 is 14.7 Å². The van der Waals surface area contributed by atoms with Gasteiger partial charge in [0.25, 0.3) is 0 Å². The number of nitrogens with one attached hydrogen (secondary N) is 2. The zero-order chi connectivity index (χ0) is 15.2. The molecule has 0 aromatic rings. The minimum Gasteiger partial charge on any atom is -0.480 e. The molecule has 5 nitrogen and oxygen atoms in total. The second-order valence-corrected chi connectivity index (χ2v) is 6.53. The van der Waals surface area contributed by atoms with Crippen molar-refractivity contribution in [1.82, 2.24) is 10.6 Å². The minimum absolute atomic E-state index is 0.0887. The summed E-state index contributed by atoms with van der Waals surface area (Å²) in [6.07, 6.45) is 8.15. The number of carbonyl (C=O) groups excluding carboxylic acids is 1. The minimum atomic E-state index is -0.891. The summed E-state index contributed by atoms with van der Waals surface area (Å²) in [6, 6.07) is -0.948. The first-order valence-electron chi connectivity index (χ1n) is 8.38. The van der Waals surface area contributed by atoms with Gasteiger partial charge in [0.1, 0.15) is 6.04 Å². The number of carbonyl (C=O) groups is 2. The van der Waals surface area contributed by atoms with Crippen LogP contribution in [0.4, 0.5) is 0 Å². The van der Waals surface area contributed by atoms with Gasteiger partial charge in [0, 0.05) is 0 Å². The molecule has 2 rings (SSSR count). The fourth-order valence-corrected chi connectivity index (χ4v) is 3.67. The summed E-state index contributed by atoms with van der Waals surface area (Å²) in [5, 5.41) is 15.5.